The predicted molar refractivity (Wildman–Crippen MR) is 104 cm³/mol. The molecular weight excluding hydrogens is 393 g/mol. The van der Waals surface area contributed by atoms with Crippen LogP contribution in [0.3, 0.4) is 0 Å². The summed E-state index contributed by atoms with van der Waals surface area (Å²) in [4.78, 5) is 14.2. The van der Waals surface area contributed by atoms with E-state index in [0.29, 0.717) is 18.7 Å². The molecule has 6 nitrogen and oxygen atoms in total. The largest absolute Gasteiger partial charge is 0.337 e. The van der Waals surface area contributed by atoms with Gasteiger partial charge in [0.25, 0.3) is 15.9 Å². The van der Waals surface area contributed by atoms with Crippen LogP contribution < -0.4 is 10.5 Å². The second-order valence-corrected chi connectivity index (χ2v) is 7.97. The smallest absolute Gasteiger partial charge is 0.261 e. The zero-order valence-corrected chi connectivity index (χ0v) is 16.1. The van der Waals surface area contributed by atoms with E-state index in [9.17, 15) is 17.6 Å². The molecule has 0 radical (unpaired) electrons. The monoisotopic (exact) mass is 413 g/mol. The number of nitrogens with two attached hydrogens (primary N) is 1. The average molecular weight is 414 g/mol. The van der Waals surface area contributed by atoms with Crippen LogP contribution in [-0.4, -0.2) is 38.4 Å². The van der Waals surface area contributed by atoms with E-state index < -0.39 is 15.8 Å². The van der Waals surface area contributed by atoms with Gasteiger partial charge in [-0.15, -0.1) is 12.4 Å². The Labute approximate surface area is 164 Å². The topological polar surface area (TPSA) is 92.5 Å². The summed E-state index contributed by atoms with van der Waals surface area (Å²) in [5, 5.41) is 0. The highest BCUT2D eigenvalue weighted by atomic mass is 35.5. The Bertz CT molecular complexity index is 889. The van der Waals surface area contributed by atoms with E-state index in [1.54, 1.807) is 4.90 Å². The first-order chi connectivity index (χ1) is 12.3. The van der Waals surface area contributed by atoms with E-state index in [1.807, 2.05) is 0 Å². The molecular formula is C18H21ClFN3O3S. The minimum atomic E-state index is -3.82. The average Bonchev–Trinajstić information content (AvgIpc) is 2.63. The van der Waals surface area contributed by atoms with Crippen LogP contribution in [0, 0.1) is 5.82 Å². The van der Waals surface area contributed by atoms with Crippen molar-refractivity contribution in [1.29, 1.82) is 0 Å². The number of nitrogens with zero attached hydrogens (tertiary/aromatic N) is 1. The van der Waals surface area contributed by atoms with Gasteiger partial charge in [0.05, 0.1) is 4.90 Å². The number of hydrogen-bond donors (Lipinski definition) is 2. The van der Waals surface area contributed by atoms with Crippen LogP contribution >= 0.6 is 12.4 Å². The number of carbonyl (C=O) groups excluding carboxylic acids is 1. The molecule has 1 saturated heterocycles. The van der Waals surface area contributed by atoms with Crippen LogP contribution in [0.4, 0.5) is 10.1 Å². The van der Waals surface area contributed by atoms with Crippen LogP contribution in [0.5, 0.6) is 0 Å². The molecule has 146 valence electrons. The summed E-state index contributed by atoms with van der Waals surface area (Å²) in [7, 11) is -3.82. The highest BCUT2D eigenvalue weighted by Crippen LogP contribution is 2.18. The van der Waals surface area contributed by atoms with Gasteiger partial charge in [-0.25, -0.2) is 12.8 Å². The maximum absolute atomic E-state index is 12.9. The minimum Gasteiger partial charge on any atom is -0.337 e. The van der Waals surface area contributed by atoms with Crippen molar-refractivity contribution < 1.29 is 17.6 Å². The van der Waals surface area contributed by atoms with Gasteiger partial charge in [0.1, 0.15) is 5.82 Å². The fourth-order valence-electron chi connectivity index (χ4n) is 2.89. The molecule has 0 aromatic heterocycles. The van der Waals surface area contributed by atoms with Gasteiger partial charge in [0.2, 0.25) is 0 Å². The number of likely N-dealkylation sites (tertiary alicyclic amines) is 1. The van der Waals surface area contributed by atoms with Gasteiger partial charge < -0.3 is 10.6 Å². The van der Waals surface area contributed by atoms with Crippen LogP contribution in [0.15, 0.2) is 53.4 Å². The quantitative estimate of drug-likeness (QED) is 0.805. The molecule has 1 fully saturated rings. The van der Waals surface area contributed by atoms with Gasteiger partial charge in [-0.2, -0.15) is 0 Å². The number of nitrogens with one attached hydrogen (secondary N) is 1. The van der Waals surface area contributed by atoms with Gasteiger partial charge in [-0.3, -0.25) is 9.52 Å². The third-order valence-electron chi connectivity index (χ3n) is 4.25. The minimum absolute atomic E-state index is 0. The lowest BCUT2D eigenvalue weighted by Crippen LogP contribution is -2.45. The first kappa shape index (κ1) is 21.1. The van der Waals surface area contributed by atoms with Gasteiger partial charge >= 0.3 is 0 Å². The summed E-state index contributed by atoms with van der Waals surface area (Å²) in [6.07, 6.45) is 1.76. The lowest BCUT2D eigenvalue weighted by molar-refractivity contribution is 0.0708. The molecule has 0 aliphatic carbocycles. The normalized spacial score (nSPS) is 17.1. The van der Waals surface area contributed by atoms with Crippen LogP contribution in [0.1, 0.15) is 23.2 Å². The zero-order valence-electron chi connectivity index (χ0n) is 14.5. The number of rotatable bonds is 4. The summed E-state index contributed by atoms with van der Waals surface area (Å²) in [5.74, 6) is -0.608. The molecule has 0 bridgehead atoms. The molecule has 1 atom stereocenters. The molecule has 1 heterocycles. The number of anilines is 1. The molecule has 1 aliphatic heterocycles. The second-order valence-electron chi connectivity index (χ2n) is 6.29. The summed E-state index contributed by atoms with van der Waals surface area (Å²) >= 11 is 0. The number of sulfonamides is 1. The summed E-state index contributed by atoms with van der Waals surface area (Å²) in [6, 6.07) is 10.7. The molecule has 0 spiro atoms. The molecule has 2 aromatic rings. The lowest BCUT2D eigenvalue weighted by atomic mass is 10.1. The van der Waals surface area contributed by atoms with E-state index in [0.717, 1.165) is 12.8 Å². The standard InChI is InChI=1S/C18H20FN3O3S.ClH/c19-14-5-7-16(8-6-14)21-26(24,25)17-9-3-13(4-10-17)18(23)22-11-1-2-15(20)12-22;/h3-10,15,21H,1-2,11-12,20H2;1H. The molecule has 3 rings (SSSR count). The molecule has 2 aromatic carbocycles. The molecule has 3 N–H and O–H groups in total. The third kappa shape index (κ3) is 5.18. The van der Waals surface area contributed by atoms with E-state index in [-0.39, 0.29) is 34.9 Å². The molecule has 1 unspecified atom stereocenters. The van der Waals surface area contributed by atoms with Crippen molar-refractivity contribution in [2.45, 2.75) is 23.8 Å². The van der Waals surface area contributed by atoms with E-state index >= 15 is 0 Å². The first-order valence-corrected chi connectivity index (χ1v) is 9.77. The highest BCUT2D eigenvalue weighted by Gasteiger charge is 2.23. The van der Waals surface area contributed by atoms with Crippen molar-refractivity contribution >= 4 is 34.0 Å². The van der Waals surface area contributed by atoms with Crippen molar-refractivity contribution in [1.82, 2.24) is 4.90 Å². The number of hydrogen-bond acceptors (Lipinski definition) is 4. The number of amides is 1. The van der Waals surface area contributed by atoms with Crippen molar-refractivity contribution in [3.63, 3.8) is 0 Å². The number of halogens is 2. The molecule has 27 heavy (non-hydrogen) atoms. The van der Waals surface area contributed by atoms with Crippen molar-refractivity contribution in [3.8, 4) is 0 Å². The Morgan fingerprint density at radius 3 is 2.33 bits per heavy atom. The Balaban J connectivity index is 0.00000261. The zero-order chi connectivity index (χ0) is 18.7. The Kier molecular flexibility index (Phi) is 6.80. The van der Waals surface area contributed by atoms with E-state index in [4.69, 9.17) is 5.73 Å². The summed E-state index contributed by atoms with van der Waals surface area (Å²) < 4.78 is 40.1. The number of benzene rings is 2. The fraction of sp³-hybridized carbons (Fsp3) is 0.278. The Morgan fingerprint density at radius 1 is 1.11 bits per heavy atom. The number of carbonyl (C=O) groups is 1. The van der Waals surface area contributed by atoms with Gasteiger partial charge in [-0.1, -0.05) is 0 Å². The SMILES string of the molecule is Cl.NC1CCCN(C(=O)c2ccc(S(=O)(=O)Nc3ccc(F)cc3)cc2)C1. The number of piperidine rings is 1. The second kappa shape index (κ2) is 8.69. The maximum Gasteiger partial charge on any atom is 0.261 e. The van der Waals surface area contributed by atoms with Gasteiger partial charge in [0, 0.05) is 30.4 Å². The van der Waals surface area contributed by atoms with Crippen molar-refractivity contribution in [3.05, 3.63) is 59.9 Å². The van der Waals surface area contributed by atoms with Crippen LogP contribution in [0.25, 0.3) is 0 Å². The van der Waals surface area contributed by atoms with Crippen LogP contribution in [-0.2, 0) is 10.0 Å². The third-order valence-corrected chi connectivity index (χ3v) is 5.65. The fourth-order valence-corrected chi connectivity index (χ4v) is 3.94. The maximum atomic E-state index is 12.9. The summed E-state index contributed by atoms with van der Waals surface area (Å²) in [5.41, 5.74) is 6.57. The first-order valence-electron chi connectivity index (χ1n) is 8.28. The van der Waals surface area contributed by atoms with E-state index in [1.165, 1.54) is 48.5 Å². The van der Waals surface area contributed by atoms with Gasteiger partial charge in [-0.05, 0) is 61.4 Å². The Hall–Kier alpha value is -2.16. The molecule has 1 amide bonds. The van der Waals surface area contributed by atoms with Crippen molar-refractivity contribution in [2.24, 2.45) is 5.73 Å². The highest BCUT2D eigenvalue weighted by molar-refractivity contribution is 7.92. The van der Waals surface area contributed by atoms with Crippen LogP contribution in [0.2, 0.25) is 0 Å². The molecule has 0 saturated carbocycles. The van der Waals surface area contributed by atoms with Gasteiger partial charge in [0.15, 0.2) is 0 Å². The van der Waals surface area contributed by atoms with E-state index in [2.05, 4.69) is 4.72 Å². The Morgan fingerprint density at radius 2 is 1.74 bits per heavy atom. The molecule has 1 aliphatic rings. The summed E-state index contributed by atoms with van der Waals surface area (Å²) in [6.45, 7) is 1.16. The van der Waals surface area contributed by atoms with Crippen molar-refractivity contribution in [2.75, 3.05) is 17.8 Å². The lowest BCUT2D eigenvalue weighted by Gasteiger charge is -2.30. The molecule has 9 heteroatoms. The predicted octanol–water partition coefficient (Wildman–Crippen LogP) is 2.61.